The molecule has 1 fully saturated rings. The third kappa shape index (κ3) is 6.76. The number of carbonyl (C=O) groups is 1. The van der Waals surface area contributed by atoms with Gasteiger partial charge in [0.05, 0.1) is 6.26 Å². The highest BCUT2D eigenvalue weighted by Gasteiger charge is 2.17. The molecule has 0 unspecified atom stereocenters. The smallest absolute Gasteiger partial charge is 0.251 e. The summed E-state index contributed by atoms with van der Waals surface area (Å²) in [6.45, 7) is 2.51. The molecular weight excluding hydrogens is 390 g/mol. The monoisotopic (exact) mass is 417 g/mol. The van der Waals surface area contributed by atoms with E-state index in [9.17, 15) is 13.2 Å². The topological polar surface area (TPSA) is 87.7 Å². The second kappa shape index (κ2) is 9.28. The van der Waals surface area contributed by atoms with Crippen LogP contribution in [0.2, 0.25) is 0 Å². The summed E-state index contributed by atoms with van der Waals surface area (Å²) in [5.41, 5.74) is 1.86. The average Bonchev–Trinajstić information content (AvgIpc) is 2.68. The van der Waals surface area contributed by atoms with Crippen molar-refractivity contribution in [3.05, 3.63) is 59.7 Å². The van der Waals surface area contributed by atoms with Crippen molar-refractivity contribution in [3.63, 3.8) is 0 Å². The molecule has 1 heterocycles. The van der Waals surface area contributed by atoms with Crippen LogP contribution in [-0.4, -0.2) is 51.7 Å². The van der Waals surface area contributed by atoms with E-state index in [4.69, 9.17) is 4.74 Å². The van der Waals surface area contributed by atoms with Gasteiger partial charge in [-0.3, -0.25) is 9.52 Å². The van der Waals surface area contributed by atoms with E-state index in [2.05, 4.69) is 22.0 Å². The Morgan fingerprint density at radius 3 is 2.28 bits per heavy atom. The summed E-state index contributed by atoms with van der Waals surface area (Å²) < 4.78 is 30.9. The lowest BCUT2D eigenvalue weighted by Gasteiger charge is -2.29. The summed E-state index contributed by atoms with van der Waals surface area (Å²) in [6.07, 6.45) is 3.41. The van der Waals surface area contributed by atoms with E-state index >= 15 is 0 Å². The minimum atomic E-state index is -3.34. The Kier molecular flexibility index (Phi) is 6.76. The van der Waals surface area contributed by atoms with Crippen LogP contribution >= 0.6 is 0 Å². The first-order chi connectivity index (χ1) is 13.8. The maximum Gasteiger partial charge on any atom is 0.251 e. The Morgan fingerprint density at radius 2 is 1.69 bits per heavy atom. The average molecular weight is 418 g/mol. The highest BCUT2D eigenvalue weighted by molar-refractivity contribution is 7.92. The predicted octanol–water partition coefficient (Wildman–Crippen LogP) is 2.46. The zero-order valence-corrected chi connectivity index (χ0v) is 17.5. The molecule has 7 nitrogen and oxygen atoms in total. The third-order valence-electron chi connectivity index (χ3n) is 4.80. The summed E-state index contributed by atoms with van der Waals surface area (Å²) in [6, 6.07) is 14.1. The fraction of sp³-hybridized carbons (Fsp3) is 0.381. The van der Waals surface area contributed by atoms with Crippen molar-refractivity contribution in [2.45, 2.75) is 25.5 Å². The maximum atomic E-state index is 12.3. The van der Waals surface area contributed by atoms with Gasteiger partial charge in [-0.1, -0.05) is 12.1 Å². The van der Waals surface area contributed by atoms with Gasteiger partial charge in [-0.05, 0) is 61.9 Å². The number of hydrogen-bond donors (Lipinski definition) is 2. The van der Waals surface area contributed by atoms with E-state index in [1.165, 1.54) is 0 Å². The predicted molar refractivity (Wildman–Crippen MR) is 114 cm³/mol. The molecule has 0 aromatic heterocycles. The van der Waals surface area contributed by atoms with Gasteiger partial charge in [0.1, 0.15) is 11.9 Å². The zero-order valence-electron chi connectivity index (χ0n) is 16.7. The minimum absolute atomic E-state index is 0.220. The highest BCUT2D eigenvalue weighted by Crippen LogP contribution is 2.19. The second-order valence-electron chi connectivity index (χ2n) is 7.40. The molecule has 8 heteroatoms. The van der Waals surface area contributed by atoms with Crippen LogP contribution in [0.15, 0.2) is 48.5 Å². The Bertz CT molecular complexity index is 919. The van der Waals surface area contributed by atoms with Gasteiger partial charge in [-0.15, -0.1) is 0 Å². The molecule has 156 valence electrons. The van der Waals surface area contributed by atoms with Gasteiger partial charge >= 0.3 is 0 Å². The van der Waals surface area contributed by atoms with Crippen LogP contribution in [0.1, 0.15) is 28.8 Å². The number of anilines is 1. The van der Waals surface area contributed by atoms with Gasteiger partial charge < -0.3 is 15.0 Å². The first-order valence-corrected chi connectivity index (χ1v) is 11.5. The Hall–Kier alpha value is -2.58. The van der Waals surface area contributed by atoms with E-state index in [1.54, 1.807) is 24.3 Å². The van der Waals surface area contributed by atoms with E-state index in [0.717, 1.165) is 43.5 Å². The fourth-order valence-electron chi connectivity index (χ4n) is 3.17. The van der Waals surface area contributed by atoms with Crippen LogP contribution in [0.25, 0.3) is 0 Å². The summed E-state index contributed by atoms with van der Waals surface area (Å²) in [7, 11) is -1.21. The standard InChI is InChI=1S/C21H27N3O4S/c1-24-13-11-20(12-14-24)28-19-9-3-16(4-10-19)15-22-21(25)17-5-7-18(8-6-17)23-29(2,26)27/h3-10,20,23H,11-15H2,1-2H3,(H,22,25). The van der Waals surface area contributed by atoms with Crippen molar-refractivity contribution < 1.29 is 17.9 Å². The second-order valence-corrected chi connectivity index (χ2v) is 9.15. The molecule has 0 saturated carbocycles. The molecule has 1 aliphatic rings. The van der Waals surface area contributed by atoms with Crippen LogP contribution < -0.4 is 14.8 Å². The number of benzene rings is 2. The molecule has 0 atom stereocenters. The minimum Gasteiger partial charge on any atom is -0.490 e. The molecule has 0 aliphatic carbocycles. The van der Waals surface area contributed by atoms with Crippen LogP contribution in [0.5, 0.6) is 5.75 Å². The summed E-state index contributed by atoms with van der Waals surface area (Å²) >= 11 is 0. The number of likely N-dealkylation sites (tertiary alicyclic amines) is 1. The van der Waals surface area contributed by atoms with Crippen molar-refractivity contribution in [3.8, 4) is 5.75 Å². The van der Waals surface area contributed by atoms with E-state index in [1.807, 2.05) is 24.3 Å². The lowest BCUT2D eigenvalue weighted by atomic mass is 10.1. The molecular formula is C21H27N3O4S. The maximum absolute atomic E-state index is 12.3. The largest absolute Gasteiger partial charge is 0.490 e. The lowest BCUT2D eigenvalue weighted by molar-refractivity contribution is 0.0951. The Labute approximate surface area is 172 Å². The number of amides is 1. The molecule has 1 saturated heterocycles. The molecule has 3 rings (SSSR count). The molecule has 0 spiro atoms. The quantitative estimate of drug-likeness (QED) is 0.723. The number of nitrogens with one attached hydrogen (secondary N) is 2. The van der Waals surface area contributed by atoms with Crippen molar-refractivity contribution in [2.24, 2.45) is 0 Å². The lowest BCUT2D eigenvalue weighted by Crippen LogP contribution is -2.35. The highest BCUT2D eigenvalue weighted by atomic mass is 32.2. The number of ether oxygens (including phenoxy) is 1. The van der Waals surface area contributed by atoms with Gasteiger partial charge in [0.25, 0.3) is 5.91 Å². The number of nitrogens with zero attached hydrogens (tertiary/aromatic N) is 1. The Morgan fingerprint density at radius 1 is 1.07 bits per heavy atom. The zero-order chi connectivity index (χ0) is 20.9. The Balaban J connectivity index is 1.48. The first-order valence-electron chi connectivity index (χ1n) is 9.59. The normalized spacial score (nSPS) is 15.7. The number of sulfonamides is 1. The van der Waals surface area contributed by atoms with Gasteiger partial charge in [-0.2, -0.15) is 0 Å². The van der Waals surface area contributed by atoms with Crippen molar-refractivity contribution in [1.82, 2.24) is 10.2 Å². The van der Waals surface area contributed by atoms with Gasteiger partial charge in [0.2, 0.25) is 10.0 Å². The van der Waals surface area contributed by atoms with Crippen molar-refractivity contribution >= 4 is 21.6 Å². The molecule has 2 N–H and O–H groups in total. The molecule has 2 aromatic carbocycles. The van der Waals surface area contributed by atoms with E-state index in [-0.39, 0.29) is 12.0 Å². The van der Waals surface area contributed by atoms with Gasteiger partial charge in [0.15, 0.2) is 0 Å². The van der Waals surface area contributed by atoms with Crippen LogP contribution in [0, 0.1) is 0 Å². The van der Waals surface area contributed by atoms with Gasteiger partial charge in [-0.25, -0.2) is 8.42 Å². The number of hydrogen-bond acceptors (Lipinski definition) is 5. The van der Waals surface area contributed by atoms with Crippen LogP contribution in [-0.2, 0) is 16.6 Å². The summed E-state index contributed by atoms with van der Waals surface area (Å²) in [5.74, 6) is 0.631. The molecule has 2 aromatic rings. The van der Waals surface area contributed by atoms with Gasteiger partial charge in [0, 0.05) is 30.9 Å². The van der Waals surface area contributed by atoms with Crippen molar-refractivity contribution in [1.29, 1.82) is 0 Å². The third-order valence-corrected chi connectivity index (χ3v) is 5.40. The molecule has 1 amide bonds. The molecule has 1 aliphatic heterocycles. The molecule has 29 heavy (non-hydrogen) atoms. The molecule has 0 bridgehead atoms. The van der Waals surface area contributed by atoms with E-state index in [0.29, 0.717) is 17.8 Å². The van der Waals surface area contributed by atoms with Crippen LogP contribution in [0.4, 0.5) is 5.69 Å². The van der Waals surface area contributed by atoms with Crippen molar-refractivity contribution in [2.75, 3.05) is 31.1 Å². The number of carbonyl (C=O) groups excluding carboxylic acids is 1. The number of piperidine rings is 1. The first kappa shape index (κ1) is 21.1. The van der Waals surface area contributed by atoms with Crippen LogP contribution in [0.3, 0.4) is 0 Å². The fourth-order valence-corrected chi connectivity index (χ4v) is 3.73. The SMILES string of the molecule is CN1CCC(Oc2ccc(CNC(=O)c3ccc(NS(C)(=O)=O)cc3)cc2)CC1. The molecule has 0 radical (unpaired) electrons. The summed E-state index contributed by atoms with van der Waals surface area (Å²) in [5, 5.41) is 2.86. The van der Waals surface area contributed by atoms with E-state index < -0.39 is 10.0 Å². The number of rotatable bonds is 7. The summed E-state index contributed by atoms with van der Waals surface area (Å²) in [4.78, 5) is 14.6.